The summed E-state index contributed by atoms with van der Waals surface area (Å²) >= 11 is 3.47. The van der Waals surface area contributed by atoms with Crippen LogP contribution in [0.1, 0.15) is 28.3 Å². The lowest BCUT2D eigenvalue weighted by molar-refractivity contribution is 0.562. The molecule has 1 nitrogen and oxygen atoms in total. The van der Waals surface area contributed by atoms with Crippen LogP contribution >= 0.6 is 15.9 Å². The maximum absolute atomic E-state index is 13.7. The molecule has 2 aromatic rings. The highest BCUT2D eigenvalue weighted by molar-refractivity contribution is 9.10. The van der Waals surface area contributed by atoms with Gasteiger partial charge in [-0.3, -0.25) is 0 Å². The van der Waals surface area contributed by atoms with E-state index in [0.29, 0.717) is 12.0 Å². The van der Waals surface area contributed by atoms with Crippen molar-refractivity contribution < 1.29 is 8.78 Å². The Hall–Kier alpha value is -1.26. The number of hydrogen-bond donors (Lipinski definition) is 1. The third kappa shape index (κ3) is 3.25. The first kappa shape index (κ1) is 15.1. The Morgan fingerprint density at radius 2 is 1.80 bits per heavy atom. The summed E-state index contributed by atoms with van der Waals surface area (Å²) in [6, 6.07) is 7.29. The molecule has 0 radical (unpaired) electrons. The van der Waals surface area contributed by atoms with Gasteiger partial charge >= 0.3 is 0 Å². The van der Waals surface area contributed by atoms with Gasteiger partial charge in [0, 0.05) is 16.6 Å². The first-order valence-electron chi connectivity index (χ1n) is 6.34. The first-order chi connectivity index (χ1) is 9.38. The van der Waals surface area contributed by atoms with E-state index in [1.54, 1.807) is 0 Å². The third-order valence-electron chi connectivity index (χ3n) is 3.40. The van der Waals surface area contributed by atoms with E-state index < -0.39 is 11.6 Å². The zero-order valence-corrected chi connectivity index (χ0v) is 13.0. The van der Waals surface area contributed by atoms with Crippen LogP contribution in [-0.2, 0) is 6.42 Å². The highest BCUT2D eigenvalue weighted by atomic mass is 79.9. The number of nitrogens with two attached hydrogens (primary N) is 1. The summed E-state index contributed by atoms with van der Waals surface area (Å²) in [5.41, 5.74) is 9.73. The van der Waals surface area contributed by atoms with E-state index in [2.05, 4.69) is 15.9 Å². The Bertz CT molecular complexity index is 641. The summed E-state index contributed by atoms with van der Waals surface area (Å²) < 4.78 is 27.6. The van der Waals surface area contributed by atoms with E-state index >= 15 is 0 Å². The van der Waals surface area contributed by atoms with Gasteiger partial charge in [-0.15, -0.1) is 0 Å². The molecule has 0 aliphatic carbocycles. The van der Waals surface area contributed by atoms with Crippen molar-refractivity contribution in [2.24, 2.45) is 5.73 Å². The van der Waals surface area contributed by atoms with Gasteiger partial charge in [-0.05, 0) is 54.7 Å². The Kier molecular flexibility index (Phi) is 4.55. The molecule has 2 N–H and O–H groups in total. The van der Waals surface area contributed by atoms with E-state index in [-0.39, 0.29) is 6.04 Å². The normalized spacial score (nSPS) is 12.5. The van der Waals surface area contributed by atoms with Crippen LogP contribution in [0.2, 0.25) is 0 Å². The molecular formula is C16H16BrF2N. The quantitative estimate of drug-likeness (QED) is 0.869. The second kappa shape index (κ2) is 6.02. The van der Waals surface area contributed by atoms with Crippen molar-refractivity contribution in [3.8, 4) is 0 Å². The summed E-state index contributed by atoms with van der Waals surface area (Å²) in [6.07, 6.45) is 0.341. The van der Waals surface area contributed by atoms with Crippen molar-refractivity contribution in [3.05, 3.63) is 68.7 Å². The highest BCUT2D eigenvalue weighted by Gasteiger charge is 2.14. The van der Waals surface area contributed by atoms with E-state index in [1.165, 1.54) is 12.1 Å². The molecule has 20 heavy (non-hydrogen) atoms. The van der Waals surface area contributed by atoms with Crippen molar-refractivity contribution in [2.75, 3.05) is 0 Å². The molecular weight excluding hydrogens is 324 g/mol. The van der Waals surface area contributed by atoms with Crippen LogP contribution in [0.5, 0.6) is 0 Å². The van der Waals surface area contributed by atoms with Gasteiger partial charge in [0.1, 0.15) is 11.6 Å². The molecule has 0 heterocycles. The van der Waals surface area contributed by atoms with E-state index in [9.17, 15) is 8.78 Å². The molecule has 0 aliphatic rings. The zero-order chi connectivity index (χ0) is 14.9. The number of hydrogen-bond acceptors (Lipinski definition) is 1. The van der Waals surface area contributed by atoms with Crippen LogP contribution in [-0.4, -0.2) is 0 Å². The molecule has 2 rings (SSSR count). The van der Waals surface area contributed by atoms with E-state index in [1.807, 2.05) is 26.0 Å². The van der Waals surface area contributed by atoms with Gasteiger partial charge in [0.2, 0.25) is 0 Å². The second-order valence-corrected chi connectivity index (χ2v) is 5.86. The number of rotatable bonds is 3. The van der Waals surface area contributed by atoms with Gasteiger partial charge in [0.25, 0.3) is 0 Å². The fraction of sp³-hybridized carbons (Fsp3) is 0.250. The number of aryl methyl sites for hydroxylation is 2. The molecule has 0 aromatic heterocycles. The van der Waals surface area contributed by atoms with E-state index in [4.69, 9.17) is 5.73 Å². The molecule has 0 spiro atoms. The molecule has 106 valence electrons. The Morgan fingerprint density at radius 3 is 2.45 bits per heavy atom. The van der Waals surface area contributed by atoms with Gasteiger partial charge in [-0.2, -0.15) is 0 Å². The summed E-state index contributed by atoms with van der Waals surface area (Å²) in [4.78, 5) is 0. The molecule has 0 saturated heterocycles. The maximum Gasteiger partial charge on any atom is 0.129 e. The average Bonchev–Trinajstić information content (AvgIpc) is 2.37. The fourth-order valence-corrected chi connectivity index (χ4v) is 2.69. The van der Waals surface area contributed by atoms with Gasteiger partial charge < -0.3 is 5.73 Å². The molecule has 0 bridgehead atoms. The Labute approximate surface area is 125 Å². The predicted molar refractivity (Wildman–Crippen MR) is 80.6 cm³/mol. The van der Waals surface area contributed by atoms with Crippen molar-refractivity contribution in [2.45, 2.75) is 26.3 Å². The lowest BCUT2D eigenvalue weighted by Gasteiger charge is -2.17. The minimum absolute atomic E-state index is 0.318. The van der Waals surface area contributed by atoms with Crippen molar-refractivity contribution in [3.63, 3.8) is 0 Å². The molecule has 1 unspecified atom stereocenters. The lowest BCUT2D eigenvalue weighted by atomic mass is 9.94. The molecule has 0 fully saturated rings. The van der Waals surface area contributed by atoms with Crippen molar-refractivity contribution in [1.29, 1.82) is 0 Å². The first-order valence-corrected chi connectivity index (χ1v) is 7.14. The average molecular weight is 340 g/mol. The molecule has 0 amide bonds. The molecule has 0 saturated carbocycles. The third-order valence-corrected chi connectivity index (χ3v) is 4.26. The van der Waals surface area contributed by atoms with Crippen molar-refractivity contribution >= 4 is 15.9 Å². The van der Waals surface area contributed by atoms with Crippen LogP contribution in [0.25, 0.3) is 0 Å². The summed E-state index contributed by atoms with van der Waals surface area (Å²) in [6.45, 7) is 3.96. The van der Waals surface area contributed by atoms with Crippen LogP contribution in [0.4, 0.5) is 8.78 Å². The monoisotopic (exact) mass is 339 g/mol. The molecule has 4 heteroatoms. The van der Waals surface area contributed by atoms with Gasteiger partial charge in [0.15, 0.2) is 0 Å². The fourth-order valence-electron chi connectivity index (χ4n) is 2.24. The van der Waals surface area contributed by atoms with Gasteiger partial charge in [0.05, 0.1) is 0 Å². The van der Waals surface area contributed by atoms with Gasteiger partial charge in [-0.1, -0.05) is 28.1 Å². The minimum atomic E-state index is -0.574. The Balaban J connectivity index is 2.28. The summed E-state index contributed by atoms with van der Waals surface area (Å²) in [7, 11) is 0. The molecule has 1 atom stereocenters. The lowest BCUT2D eigenvalue weighted by Crippen LogP contribution is -2.16. The van der Waals surface area contributed by atoms with Crippen LogP contribution in [0, 0.1) is 25.5 Å². The molecule has 0 aliphatic heterocycles. The largest absolute Gasteiger partial charge is 0.324 e. The topological polar surface area (TPSA) is 26.0 Å². The number of benzene rings is 2. The standard InChI is InChI=1S/C16H16BrF2N/c1-9-6-14(17)10(2)5-13(9)16(20)7-11-3-4-12(18)8-15(11)19/h3-6,8,16H,7,20H2,1-2H3. The Morgan fingerprint density at radius 1 is 1.10 bits per heavy atom. The predicted octanol–water partition coefficient (Wildman–Crippen LogP) is 4.59. The minimum Gasteiger partial charge on any atom is -0.324 e. The smallest absolute Gasteiger partial charge is 0.129 e. The maximum atomic E-state index is 13.7. The highest BCUT2D eigenvalue weighted by Crippen LogP contribution is 2.26. The van der Waals surface area contributed by atoms with Crippen molar-refractivity contribution in [1.82, 2.24) is 0 Å². The second-order valence-electron chi connectivity index (χ2n) is 5.00. The van der Waals surface area contributed by atoms with Crippen LogP contribution in [0.3, 0.4) is 0 Å². The van der Waals surface area contributed by atoms with Crippen LogP contribution in [0.15, 0.2) is 34.8 Å². The van der Waals surface area contributed by atoms with E-state index in [0.717, 1.165) is 27.2 Å². The van der Waals surface area contributed by atoms with Gasteiger partial charge in [-0.25, -0.2) is 8.78 Å². The summed E-state index contributed by atoms with van der Waals surface area (Å²) in [5, 5.41) is 0. The number of halogens is 3. The zero-order valence-electron chi connectivity index (χ0n) is 11.4. The van der Waals surface area contributed by atoms with Crippen LogP contribution < -0.4 is 5.73 Å². The SMILES string of the molecule is Cc1cc(C(N)Cc2ccc(F)cc2F)c(C)cc1Br. The summed E-state index contributed by atoms with van der Waals surface area (Å²) in [5.74, 6) is -1.12. The molecule has 2 aromatic carbocycles.